The van der Waals surface area contributed by atoms with Crippen LogP contribution < -0.4 is 4.90 Å². The Morgan fingerprint density at radius 2 is 2.08 bits per heavy atom. The van der Waals surface area contributed by atoms with Gasteiger partial charge in [0.25, 0.3) is 0 Å². The van der Waals surface area contributed by atoms with E-state index < -0.39 is 5.97 Å². The third kappa shape index (κ3) is 2.73. The van der Waals surface area contributed by atoms with E-state index in [0.29, 0.717) is 6.04 Å². The van der Waals surface area contributed by atoms with Crippen LogP contribution in [-0.2, 0) is 13.0 Å². The molecule has 6 heteroatoms. The highest BCUT2D eigenvalue weighted by Crippen LogP contribution is 2.33. The summed E-state index contributed by atoms with van der Waals surface area (Å²) in [4.78, 5) is 20.1. The number of carboxylic acid groups (broad SMARTS) is 1. The van der Waals surface area contributed by atoms with Crippen LogP contribution in [0.15, 0.2) is 36.5 Å². The Kier molecular flexibility index (Phi) is 3.69. The molecule has 0 spiro atoms. The lowest BCUT2D eigenvalue weighted by Gasteiger charge is -2.38. The summed E-state index contributed by atoms with van der Waals surface area (Å²) in [6.07, 6.45) is 2.26. The first-order valence-corrected chi connectivity index (χ1v) is 8.06. The number of pyridine rings is 1. The SMILES string of the molecule is O=C(O)c1cnc2c(c1)CC1CN(Cc3ccc(F)cc3)CCN21. The molecule has 0 radical (unpaired) electrons. The molecule has 1 fully saturated rings. The van der Waals surface area contributed by atoms with Crippen molar-refractivity contribution < 1.29 is 14.3 Å². The van der Waals surface area contributed by atoms with Crippen LogP contribution in [0.5, 0.6) is 0 Å². The van der Waals surface area contributed by atoms with E-state index in [1.807, 2.05) is 12.1 Å². The number of aromatic carboxylic acids is 1. The molecule has 0 amide bonds. The summed E-state index contributed by atoms with van der Waals surface area (Å²) < 4.78 is 13.0. The van der Waals surface area contributed by atoms with Crippen LogP contribution in [0.1, 0.15) is 21.5 Å². The van der Waals surface area contributed by atoms with Gasteiger partial charge in [0.05, 0.1) is 5.56 Å². The molecule has 2 aliphatic rings. The van der Waals surface area contributed by atoms with E-state index >= 15 is 0 Å². The highest BCUT2D eigenvalue weighted by molar-refractivity contribution is 5.88. The molecule has 2 aliphatic heterocycles. The molecule has 3 heterocycles. The van der Waals surface area contributed by atoms with Gasteiger partial charge in [0.15, 0.2) is 0 Å². The minimum atomic E-state index is -0.937. The number of carbonyl (C=O) groups is 1. The summed E-state index contributed by atoms with van der Waals surface area (Å²) in [6.45, 7) is 3.48. The molecule has 1 aromatic heterocycles. The highest BCUT2D eigenvalue weighted by Gasteiger charge is 2.35. The summed E-state index contributed by atoms with van der Waals surface area (Å²) in [5.41, 5.74) is 2.37. The molecule has 4 rings (SSSR count). The summed E-state index contributed by atoms with van der Waals surface area (Å²) >= 11 is 0. The first-order valence-electron chi connectivity index (χ1n) is 8.06. The Bertz CT molecular complexity index is 778. The zero-order chi connectivity index (χ0) is 16.7. The van der Waals surface area contributed by atoms with E-state index in [4.69, 9.17) is 5.11 Å². The third-order valence-corrected chi connectivity index (χ3v) is 4.80. The average Bonchev–Trinajstić information content (AvgIpc) is 2.93. The second-order valence-electron chi connectivity index (χ2n) is 6.42. The Morgan fingerprint density at radius 3 is 2.83 bits per heavy atom. The number of piperazine rings is 1. The standard InChI is InChI=1S/C18H18FN3O2/c19-15-3-1-12(2-4-15)10-21-5-6-22-16(11-21)8-13-7-14(18(23)24)9-20-17(13)22/h1-4,7,9,16H,5-6,8,10-11H2,(H,23,24). The molecule has 0 aliphatic carbocycles. The molecule has 1 atom stereocenters. The summed E-state index contributed by atoms with van der Waals surface area (Å²) in [6, 6.07) is 8.71. The van der Waals surface area contributed by atoms with Crippen molar-refractivity contribution in [3.05, 3.63) is 59.0 Å². The van der Waals surface area contributed by atoms with E-state index in [1.54, 1.807) is 6.07 Å². The van der Waals surface area contributed by atoms with Gasteiger partial charge >= 0.3 is 5.97 Å². The fourth-order valence-corrected chi connectivity index (χ4v) is 3.65. The number of rotatable bonds is 3. The normalized spacial score (nSPS) is 19.9. The van der Waals surface area contributed by atoms with Crippen molar-refractivity contribution in [1.29, 1.82) is 0 Å². The van der Waals surface area contributed by atoms with Gasteiger partial charge in [-0.1, -0.05) is 12.1 Å². The van der Waals surface area contributed by atoms with Crippen LogP contribution in [0, 0.1) is 5.82 Å². The quantitative estimate of drug-likeness (QED) is 0.936. The van der Waals surface area contributed by atoms with Gasteiger partial charge in [-0.25, -0.2) is 14.2 Å². The highest BCUT2D eigenvalue weighted by atomic mass is 19.1. The van der Waals surface area contributed by atoms with Gasteiger partial charge in [-0.15, -0.1) is 0 Å². The van der Waals surface area contributed by atoms with Gasteiger partial charge in [0.2, 0.25) is 0 Å². The summed E-state index contributed by atoms with van der Waals surface area (Å²) in [5, 5.41) is 9.11. The third-order valence-electron chi connectivity index (χ3n) is 4.80. The minimum absolute atomic E-state index is 0.213. The Labute approximate surface area is 139 Å². The predicted octanol–water partition coefficient (Wildman–Crippen LogP) is 2.17. The van der Waals surface area contributed by atoms with Crippen molar-refractivity contribution >= 4 is 11.8 Å². The van der Waals surface area contributed by atoms with E-state index in [1.165, 1.54) is 18.3 Å². The number of nitrogens with zero attached hydrogens (tertiary/aromatic N) is 3. The average molecular weight is 327 g/mol. The van der Waals surface area contributed by atoms with Crippen molar-refractivity contribution in [2.75, 3.05) is 24.5 Å². The topological polar surface area (TPSA) is 56.7 Å². The number of anilines is 1. The molecule has 1 unspecified atom stereocenters. The van der Waals surface area contributed by atoms with Gasteiger partial charge < -0.3 is 10.0 Å². The van der Waals surface area contributed by atoms with Crippen LogP contribution in [-0.4, -0.2) is 46.6 Å². The van der Waals surface area contributed by atoms with Crippen molar-refractivity contribution in [2.45, 2.75) is 19.0 Å². The Hall–Kier alpha value is -2.47. The molecule has 1 saturated heterocycles. The lowest BCUT2D eigenvalue weighted by Crippen LogP contribution is -2.51. The van der Waals surface area contributed by atoms with E-state index in [9.17, 15) is 9.18 Å². The molecular weight excluding hydrogens is 309 g/mol. The molecule has 24 heavy (non-hydrogen) atoms. The van der Waals surface area contributed by atoms with Crippen molar-refractivity contribution in [2.24, 2.45) is 0 Å². The number of carboxylic acids is 1. The fourth-order valence-electron chi connectivity index (χ4n) is 3.65. The molecule has 0 bridgehead atoms. The van der Waals surface area contributed by atoms with Crippen LogP contribution in [0.2, 0.25) is 0 Å². The molecule has 124 valence electrons. The molecule has 2 aromatic rings. The van der Waals surface area contributed by atoms with Gasteiger partial charge in [-0.05, 0) is 35.7 Å². The van der Waals surface area contributed by atoms with Gasteiger partial charge in [-0.2, -0.15) is 0 Å². The summed E-state index contributed by atoms with van der Waals surface area (Å²) in [7, 11) is 0. The lowest BCUT2D eigenvalue weighted by atomic mass is 10.1. The molecule has 5 nitrogen and oxygen atoms in total. The number of fused-ring (bicyclic) bond motifs is 3. The maximum absolute atomic E-state index is 13.0. The second kappa shape index (κ2) is 5.87. The first kappa shape index (κ1) is 15.1. The number of hydrogen-bond acceptors (Lipinski definition) is 4. The van der Waals surface area contributed by atoms with E-state index in [2.05, 4.69) is 14.8 Å². The van der Waals surface area contributed by atoms with Crippen LogP contribution in [0.4, 0.5) is 10.2 Å². The van der Waals surface area contributed by atoms with Gasteiger partial charge in [-0.3, -0.25) is 4.90 Å². The van der Waals surface area contributed by atoms with Gasteiger partial charge in [0, 0.05) is 38.4 Å². The lowest BCUT2D eigenvalue weighted by molar-refractivity contribution is 0.0696. The molecular formula is C18H18FN3O2. The Balaban J connectivity index is 1.47. The minimum Gasteiger partial charge on any atom is -0.478 e. The first-order chi connectivity index (χ1) is 11.6. The second-order valence-corrected chi connectivity index (χ2v) is 6.42. The number of benzene rings is 1. The Morgan fingerprint density at radius 1 is 1.29 bits per heavy atom. The van der Waals surface area contributed by atoms with Crippen LogP contribution >= 0.6 is 0 Å². The number of aromatic nitrogens is 1. The van der Waals surface area contributed by atoms with Crippen LogP contribution in [0.3, 0.4) is 0 Å². The zero-order valence-corrected chi connectivity index (χ0v) is 13.2. The van der Waals surface area contributed by atoms with Crippen molar-refractivity contribution in [3.63, 3.8) is 0 Å². The maximum Gasteiger partial charge on any atom is 0.337 e. The van der Waals surface area contributed by atoms with Crippen molar-refractivity contribution in [3.8, 4) is 0 Å². The largest absolute Gasteiger partial charge is 0.478 e. The number of halogens is 1. The zero-order valence-electron chi connectivity index (χ0n) is 13.2. The van der Waals surface area contributed by atoms with Crippen LogP contribution in [0.25, 0.3) is 0 Å². The molecule has 1 aromatic carbocycles. The van der Waals surface area contributed by atoms with Crippen molar-refractivity contribution in [1.82, 2.24) is 9.88 Å². The molecule has 1 N–H and O–H groups in total. The fraction of sp³-hybridized carbons (Fsp3) is 0.333. The monoisotopic (exact) mass is 327 g/mol. The smallest absolute Gasteiger partial charge is 0.337 e. The maximum atomic E-state index is 13.0. The van der Waals surface area contributed by atoms with E-state index in [-0.39, 0.29) is 11.4 Å². The van der Waals surface area contributed by atoms with E-state index in [0.717, 1.165) is 49.5 Å². The summed E-state index contributed by atoms with van der Waals surface area (Å²) in [5.74, 6) is -0.227. The number of hydrogen-bond donors (Lipinski definition) is 1. The van der Waals surface area contributed by atoms with Gasteiger partial charge in [0.1, 0.15) is 11.6 Å². The predicted molar refractivity (Wildman–Crippen MR) is 87.7 cm³/mol. The molecule has 0 saturated carbocycles.